The van der Waals surface area contributed by atoms with Crippen LogP contribution in [0.3, 0.4) is 0 Å². The average molecular weight is 386 g/mol. The minimum absolute atomic E-state index is 0. The standard InChI is InChI=1S/C20H36NO.BrH/c1-2-14-20-15-13-17-21(19-20)16-11-9-7-5-3-4-6-8-10-12-18-22;/h13,15,17,19,22H,2-12,14,16,18H2,1H3;1H/q+1;/p-1. The molecule has 0 unspecified atom stereocenters. The highest BCUT2D eigenvalue weighted by Crippen LogP contribution is 2.10. The van der Waals surface area contributed by atoms with Crippen molar-refractivity contribution in [1.82, 2.24) is 0 Å². The highest BCUT2D eigenvalue weighted by molar-refractivity contribution is 5.04. The Kier molecular flexibility index (Phi) is 16.2. The Balaban J connectivity index is 0.00000484. The lowest BCUT2D eigenvalue weighted by Gasteiger charge is -2.02. The summed E-state index contributed by atoms with van der Waals surface area (Å²) in [5.41, 5.74) is 1.46. The molecule has 0 aliphatic heterocycles. The summed E-state index contributed by atoms with van der Waals surface area (Å²) in [7, 11) is 0. The monoisotopic (exact) mass is 385 g/mol. The van der Waals surface area contributed by atoms with E-state index in [1.807, 2.05) is 0 Å². The van der Waals surface area contributed by atoms with Gasteiger partial charge in [-0.05, 0) is 25.3 Å². The van der Waals surface area contributed by atoms with Gasteiger partial charge >= 0.3 is 0 Å². The second kappa shape index (κ2) is 16.4. The molecule has 1 N–H and O–H groups in total. The lowest BCUT2D eigenvalue weighted by Crippen LogP contribution is -3.00. The molecule has 0 atom stereocenters. The van der Waals surface area contributed by atoms with Gasteiger partial charge in [0.15, 0.2) is 12.4 Å². The molecule has 1 aromatic heterocycles. The van der Waals surface area contributed by atoms with Crippen LogP contribution in [0.2, 0.25) is 0 Å². The summed E-state index contributed by atoms with van der Waals surface area (Å²) in [5, 5.41) is 8.71. The van der Waals surface area contributed by atoms with E-state index in [0.29, 0.717) is 6.61 Å². The van der Waals surface area contributed by atoms with E-state index in [4.69, 9.17) is 5.11 Å². The van der Waals surface area contributed by atoms with Crippen molar-refractivity contribution in [2.45, 2.75) is 90.5 Å². The largest absolute Gasteiger partial charge is 1.00 e. The number of aromatic nitrogens is 1. The Morgan fingerprint density at radius 3 is 2.00 bits per heavy atom. The molecule has 1 rings (SSSR count). The number of nitrogens with zero attached hydrogens (tertiary/aromatic N) is 1. The van der Waals surface area contributed by atoms with E-state index >= 15 is 0 Å². The zero-order chi connectivity index (χ0) is 15.9. The number of hydrogen-bond acceptors (Lipinski definition) is 1. The number of aryl methyl sites for hydroxylation is 2. The minimum Gasteiger partial charge on any atom is -1.00 e. The van der Waals surface area contributed by atoms with Crippen LogP contribution in [-0.4, -0.2) is 11.7 Å². The summed E-state index contributed by atoms with van der Waals surface area (Å²) in [6, 6.07) is 4.42. The van der Waals surface area contributed by atoms with Crippen molar-refractivity contribution in [3.8, 4) is 0 Å². The number of aliphatic hydroxyl groups excluding tert-OH is 1. The number of pyridine rings is 1. The van der Waals surface area contributed by atoms with Crippen LogP contribution in [-0.2, 0) is 13.0 Å². The van der Waals surface area contributed by atoms with Gasteiger partial charge in [0.2, 0.25) is 0 Å². The Morgan fingerprint density at radius 2 is 1.43 bits per heavy atom. The molecular formula is C20H36BrNO. The fourth-order valence-corrected chi connectivity index (χ4v) is 2.97. The van der Waals surface area contributed by atoms with Gasteiger partial charge < -0.3 is 22.1 Å². The third-order valence-corrected chi connectivity index (χ3v) is 4.28. The van der Waals surface area contributed by atoms with Crippen LogP contribution in [0, 0.1) is 0 Å². The van der Waals surface area contributed by atoms with Crippen LogP contribution in [0.1, 0.15) is 83.1 Å². The molecule has 0 aliphatic carbocycles. The molecule has 0 spiro atoms. The zero-order valence-corrected chi connectivity index (χ0v) is 16.6. The van der Waals surface area contributed by atoms with E-state index < -0.39 is 0 Å². The lowest BCUT2D eigenvalue weighted by molar-refractivity contribution is -0.697. The molecule has 0 aromatic carbocycles. The lowest BCUT2D eigenvalue weighted by atomic mass is 10.1. The Bertz CT molecular complexity index is 370. The second-order valence-electron chi connectivity index (χ2n) is 6.46. The van der Waals surface area contributed by atoms with Gasteiger partial charge in [-0.25, -0.2) is 4.57 Å². The molecule has 134 valence electrons. The van der Waals surface area contributed by atoms with Crippen LogP contribution >= 0.6 is 0 Å². The molecular weight excluding hydrogens is 350 g/mol. The molecule has 1 aromatic rings. The molecule has 0 aliphatic rings. The third-order valence-electron chi connectivity index (χ3n) is 4.28. The Labute approximate surface area is 154 Å². The van der Waals surface area contributed by atoms with Gasteiger partial charge in [-0.2, -0.15) is 0 Å². The van der Waals surface area contributed by atoms with Gasteiger partial charge in [-0.15, -0.1) is 0 Å². The predicted octanol–water partition coefficient (Wildman–Crippen LogP) is 1.82. The van der Waals surface area contributed by atoms with Crippen molar-refractivity contribution in [3.63, 3.8) is 0 Å². The van der Waals surface area contributed by atoms with Gasteiger partial charge in [-0.3, -0.25) is 0 Å². The predicted molar refractivity (Wildman–Crippen MR) is 93.9 cm³/mol. The van der Waals surface area contributed by atoms with Gasteiger partial charge in [0.1, 0.15) is 6.54 Å². The molecule has 0 saturated carbocycles. The average Bonchev–Trinajstić information content (AvgIpc) is 2.53. The molecule has 0 radical (unpaired) electrons. The molecule has 0 saturated heterocycles. The summed E-state index contributed by atoms with van der Waals surface area (Å²) < 4.78 is 2.35. The highest BCUT2D eigenvalue weighted by Gasteiger charge is 2.02. The first kappa shape index (κ1) is 22.6. The maximum absolute atomic E-state index is 8.71. The SMILES string of the molecule is CCCc1ccc[n+](CCCCCCCCCCCCO)c1.[Br-]. The van der Waals surface area contributed by atoms with E-state index in [1.54, 1.807) is 0 Å². The third kappa shape index (κ3) is 12.7. The summed E-state index contributed by atoms with van der Waals surface area (Å²) in [5.74, 6) is 0. The molecule has 0 bridgehead atoms. The summed E-state index contributed by atoms with van der Waals surface area (Å²) >= 11 is 0. The smallest absolute Gasteiger partial charge is 0.171 e. The van der Waals surface area contributed by atoms with Crippen molar-refractivity contribution in [3.05, 3.63) is 30.1 Å². The first-order valence-electron chi connectivity index (χ1n) is 9.45. The van der Waals surface area contributed by atoms with E-state index in [-0.39, 0.29) is 17.0 Å². The second-order valence-corrected chi connectivity index (χ2v) is 6.46. The van der Waals surface area contributed by atoms with Crippen molar-refractivity contribution in [1.29, 1.82) is 0 Å². The summed E-state index contributed by atoms with van der Waals surface area (Å²) in [6.07, 6.45) is 20.0. The first-order chi connectivity index (χ1) is 10.9. The maximum Gasteiger partial charge on any atom is 0.171 e. The van der Waals surface area contributed by atoms with Gasteiger partial charge in [-0.1, -0.05) is 58.3 Å². The molecule has 0 amide bonds. The van der Waals surface area contributed by atoms with Crippen LogP contribution in [0.25, 0.3) is 0 Å². The van der Waals surface area contributed by atoms with E-state index in [1.165, 1.54) is 82.7 Å². The number of rotatable bonds is 14. The fraction of sp³-hybridized carbons (Fsp3) is 0.750. The van der Waals surface area contributed by atoms with Gasteiger partial charge in [0, 0.05) is 24.7 Å². The quantitative estimate of drug-likeness (QED) is 0.383. The summed E-state index contributed by atoms with van der Waals surface area (Å²) in [6.45, 7) is 3.77. The van der Waals surface area contributed by atoms with Gasteiger partial charge in [0.25, 0.3) is 0 Å². The first-order valence-corrected chi connectivity index (χ1v) is 9.45. The summed E-state index contributed by atoms with van der Waals surface area (Å²) in [4.78, 5) is 0. The van der Waals surface area contributed by atoms with E-state index in [2.05, 4.69) is 36.0 Å². The van der Waals surface area contributed by atoms with Crippen molar-refractivity contribution < 1.29 is 26.7 Å². The zero-order valence-electron chi connectivity index (χ0n) is 15.0. The Hall–Kier alpha value is -0.410. The van der Waals surface area contributed by atoms with E-state index in [9.17, 15) is 0 Å². The van der Waals surface area contributed by atoms with Crippen LogP contribution in [0.5, 0.6) is 0 Å². The number of halogens is 1. The van der Waals surface area contributed by atoms with E-state index in [0.717, 1.165) is 6.42 Å². The number of unbranched alkanes of at least 4 members (excludes halogenated alkanes) is 9. The van der Waals surface area contributed by atoms with Crippen LogP contribution < -0.4 is 21.5 Å². The molecule has 3 heteroatoms. The van der Waals surface area contributed by atoms with Gasteiger partial charge in [0.05, 0.1) is 0 Å². The molecule has 0 fully saturated rings. The molecule has 23 heavy (non-hydrogen) atoms. The topological polar surface area (TPSA) is 24.1 Å². The Morgan fingerprint density at radius 1 is 0.870 bits per heavy atom. The fourth-order valence-electron chi connectivity index (χ4n) is 2.97. The van der Waals surface area contributed by atoms with Crippen molar-refractivity contribution in [2.75, 3.05) is 6.61 Å². The normalized spacial score (nSPS) is 10.5. The van der Waals surface area contributed by atoms with Crippen LogP contribution in [0.15, 0.2) is 24.5 Å². The number of hydrogen-bond donors (Lipinski definition) is 1. The van der Waals surface area contributed by atoms with Crippen LogP contribution in [0.4, 0.5) is 0 Å². The number of aliphatic hydroxyl groups is 1. The van der Waals surface area contributed by atoms with Crippen molar-refractivity contribution in [2.24, 2.45) is 0 Å². The maximum atomic E-state index is 8.71. The highest BCUT2D eigenvalue weighted by atomic mass is 79.9. The van der Waals surface area contributed by atoms with Crippen molar-refractivity contribution >= 4 is 0 Å². The molecule has 2 nitrogen and oxygen atoms in total. The molecule has 1 heterocycles. The minimum atomic E-state index is 0.